The first-order chi connectivity index (χ1) is 8.72. The average molecular weight is 242 g/mol. The molecule has 0 spiro atoms. The molecule has 3 aromatic rings. The third-order valence-electron chi connectivity index (χ3n) is 2.53. The summed E-state index contributed by atoms with van der Waals surface area (Å²) >= 11 is 0. The molecule has 0 aliphatic rings. The fraction of sp³-hybridized carbons (Fsp3) is 0.167. The van der Waals surface area contributed by atoms with E-state index in [0.29, 0.717) is 12.2 Å². The molecule has 0 fully saturated rings. The maximum atomic E-state index is 11.0. The fourth-order valence-electron chi connectivity index (χ4n) is 1.71. The Morgan fingerprint density at radius 2 is 2.17 bits per heavy atom. The van der Waals surface area contributed by atoms with Crippen LogP contribution in [0.1, 0.15) is 29.3 Å². The number of benzene rings is 1. The summed E-state index contributed by atoms with van der Waals surface area (Å²) < 4.78 is 4.82. The Morgan fingerprint density at radius 3 is 2.89 bits per heavy atom. The highest BCUT2D eigenvalue weighted by atomic mass is 16.5. The predicted octanol–water partition coefficient (Wildman–Crippen LogP) is 1.74. The van der Waals surface area contributed by atoms with E-state index in [1.807, 2.05) is 24.3 Å². The molecule has 0 saturated carbocycles. The Balaban J connectivity index is 1.88. The fourth-order valence-corrected chi connectivity index (χ4v) is 1.71. The molecule has 2 heterocycles. The minimum Gasteiger partial charge on any atom is -0.342 e. The summed E-state index contributed by atoms with van der Waals surface area (Å²) in [5, 5.41) is 3.74. The van der Waals surface area contributed by atoms with E-state index in [-0.39, 0.29) is 11.7 Å². The summed E-state index contributed by atoms with van der Waals surface area (Å²) in [7, 11) is 0. The Labute approximate surface area is 102 Å². The lowest BCUT2D eigenvalue weighted by Crippen LogP contribution is -1.95. The lowest BCUT2D eigenvalue weighted by Gasteiger charge is -1.87. The molecule has 1 aromatic carbocycles. The van der Waals surface area contributed by atoms with Crippen molar-refractivity contribution >= 4 is 16.8 Å². The van der Waals surface area contributed by atoms with Crippen LogP contribution in [0.15, 0.2) is 28.8 Å². The number of rotatable bonds is 3. The van der Waals surface area contributed by atoms with E-state index < -0.39 is 0 Å². The molecule has 1 N–H and O–H groups in total. The first-order valence-corrected chi connectivity index (χ1v) is 5.49. The molecule has 3 rings (SSSR count). The van der Waals surface area contributed by atoms with Gasteiger partial charge in [-0.3, -0.25) is 4.79 Å². The van der Waals surface area contributed by atoms with Gasteiger partial charge in [0.25, 0.3) is 5.89 Å². The largest absolute Gasteiger partial charge is 0.342 e. The van der Waals surface area contributed by atoms with E-state index in [1.165, 1.54) is 6.92 Å². The quantitative estimate of drug-likeness (QED) is 0.707. The summed E-state index contributed by atoms with van der Waals surface area (Å²) in [6.45, 7) is 1.39. The van der Waals surface area contributed by atoms with E-state index in [9.17, 15) is 4.79 Å². The van der Waals surface area contributed by atoms with Crippen LogP contribution in [-0.4, -0.2) is 25.9 Å². The number of imidazole rings is 1. The zero-order valence-corrected chi connectivity index (χ0v) is 9.67. The highest BCUT2D eigenvalue weighted by molar-refractivity contribution is 5.89. The molecule has 0 radical (unpaired) electrons. The Kier molecular flexibility index (Phi) is 2.40. The maximum absolute atomic E-state index is 11.0. The minimum absolute atomic E-state index is 0.0288. The monoisotopic (exact) mass is 242 g/mol. The number of nitrogens with one attached hydrogen (secondary N) is 1. The molecule has 0 atom stereocenters. The highest BCUT2D eigenvalue weighted by Gasteiger charge is 2.12. The number of H-pyrrole nitrogens is 1. The summed E-state index contributed by atoms with van der Waals surface area (Å²) in [5.41, 5.74) is 1.85. The highest BCUT2D eigenvalue weighted by Crippen LogP contribution is 2.12. The van der Waals surface area contributed by atoms with Crippen molar-refractivity contribution in [2.45, 2.75) is 13.3 Å². The summed E-state index contributed by atoms with van der Waals surface area (Å²) in [5.74, 6) is 0.978. The van der Waals surface area contributed by atoms with Crippen LogP contribution in [-0.2, 0) is 6.42 Å². The zero-order chi connectivity index (χ0) is 12.5. The molecule has 0 aliphatic carbocycles. The van der Waals surface area contributed by atoms with Crippen LogP contribution in [0.25, 0.3) is 11.0 Å². The minimum atomic E-state index is -0.238. The van der Waals surface area contributed by atoms with Crippen molar-refractivity contribution in [2.24, 2.45) is 0 Å². The van der Waals surface area contributed by atoms with Gasteiger partial charge in [0.05, 0.1) is 17.5 Å². The Bertz CT molecular complexity index is 681. The van der Waals surface area contributed by atoms with Crippen molar-refractivity contribution in [3.63, 3.8) is 0 Å². The molecule has 6 heteroatoms. The van der Waals surface area contributed by atoms with Crippen molar-refractivity contribution in [1.82, 2.24) is 20.1 Å². The number of carbonyl (C=O) groups is 1. The van der Waals surface area contributed by atoms with Gasteiger partial charge in [0, 0.05) is 6.92 Å². The molecule has 18 heavy (non-hydrogen) atoms. The number of hydrogen-bond donors (Lipinski definition) is 1. The first kappa shape index (κ1) is 10.6. The molecule has 2 aromatic heterocycles. The maximum Gasteiger partial charge on any atom is 0.293 e. The molecule has 0 aliphatic heterocycles. The van der Waals surface area contributed by atoms with Gasteiger partial charge in [-0.1, -0.05) is 17.3 Å². The molecule has 0 unspecified atom stereocenters. The van der Waals surface area contributed by atoms with Gasteiger partial charge in [-0.05, 0) is 12.1 Å². The van der Waals surface area contributed by atoms with E-state index in [0.717, 1.165) is 16.9 Å². The second kappa shape index (κ2) is 4.06. The average Bonchev–Trinajstić information content (AvgIpc) is 2.94. The van der Waals surface area contributed by atoms with Crippen LogP contribution in [0, 0.1) is 0 Å². The molecular formula is C12H10N4O2. The Hall–Kier alpha value is -2.50. The number of hydrogen-bond acceptors (Lipinski definition) is 5. The van der Waals surface area contributed by atoms with Gasteiger partial charge >= 0.3 is 0 Å². The van der Waals surface area contributed by atoms with Crippen LogP contribution in [0.2, 0.25) is 0 Å². The number of para-hydroxylation sites is 2. The number of ketones is 1. The standard InChI is InChI=1S/C12H10N4O2/c1-7(17)12-15-11(16-18-12)6-10-13-8-4-2-3-5-9(8)14-10/h2-5H,6H2,1H3,(H,13,14). The third kappa shape index (κ3) is 1.88. The number of fused-ring (bicyclic) bond motifs is 1. The third-order valence-corrected chi connectivity index (χ3v) is 2.53. The van der Waals surface area contributed by atoms with E-state index in [2.05, 4.69) is 20.1 Å². The summed E-state index contributed by atoms with van der Waals surface area (Å²) in [6.07, 6.45) is 0.408. The smallest absolute Gasteiger partial charge is 0.293 e. The van der Waals surface area contributed by atoms with Crippen molar-refractivity contribution in [2.75, 3.05) is 0 Å². The molecular weight excluding hydrogens is 232 g/mol. The van der Waals surface area contributed by atoms with Crippen molar-refractivity contribution in [1.29, 1.82) is 0 Å². The van der Waals surface area contributed by atoms with Gasteiger partial charge in [-0.2, -0.15) is 4.98 Å². The van der Waals surface area contributed by atoms with Crippen molar-refractivity contribution in [3.05, 3.63) is 41.8 Å². The normalized spacial score (nSPS) is 10.9. The number of aromatic nitrogens is 4. The van der Waals surface area contributed by atoms with E-state index in [1.54, 1.807) is 0 Å². The van der Waals surface area contributed by atoms with Gasteiger partial charge < -0.3 is 9.51 Å². The summed E-state index contributed by atoms with van der Waals surface area (Å²) in [4.78, 5) is 22.6. The zero-order valence-electron chi connectivity index (χ0n) is 9.67. The predicted molar refractivity (Wildman–Crippen MR) is 63.2 cm³/mol. The molecule has 0 amide bonds. The van der Waals surface area contributed by atoms with Gasteiger partial charge in [0.15, 0.2) is 5.82 Å². The van der Waals surface area contributed by atoms with Gasteiger partial charge in [-0.25, -0.2) is 4.98 Å². The number of nitrogens with zero attached hydrogens (tertiary/aromatic N) is 3. The molecule has 0 bridgehead atoms. The number of aromatic amines is 1. The second-order valence-corrected chi connectivity index (χ2v) is 3.95. The molecule has 6 nitrogen and oxygen atoms in total. The number of Topliss-reactive ketones (excluding diaryl/α,β-unsaturated/α-hetero) is 1. The van der Waals surface area contributed by atoms with Gasteiger partial charge in [-0.15, -0.1) is 0 Å². The van der Waals surface area contributed by atoms with Crippen molar-refractivity contribution in [3.8, 4) is 0 Å². The second-order valence-electron chi connectivity index (χ2n) is 3.95. The van der Waals surface area contributed by atoms with Crippen LogP contribution >= 0.6 is 0 Å². The SMILES string of the molecule is CC(=O)c1nc(Cc2nc3ccccc3[nH]2)no1. The first-order valence-electron chi connectivity index (χ1n) is 5.49. The lowest BCUT2D eigenvalue weighted by atomic mass is 10.3. The summed E-state index contributed by atoms with van der Waals surface area (Å²) in [6, 6.07) is 7.73. The van der Waals surface area contributed by atoms with Gasteiger partial charge in [0.1, 0.15) is 5.82 Å². The Morgan fingerprint density at radius 1 is 1.33 bits per heavy atom. The molecule has 90 valence electrons. The van der Waals surface area contributed by atoms with Gasteiger partial charge in [0.2, 0.25) is 5.78 Å². The van der Waals surface area contributed by atoms with Crippen LogP contribution in [0.4, 0.5) is 0 Å². The molecule has 0 saturated heterocycles. The van der Waals surface area contributed by atoms with Crippen LogP contribution in [0.3, 0.4) is 0 Å². The van der Waals surface area contributed by atoms with Crippen molar-refractivity contribution < 1.29 is 9.32 Å². The number of carbonyl (C=O) groups excluding carboxylic acids is 1. The topological polar surface area (TPSA) is 84.7 Å². The van der Waals surface area contributed by atoms with E-state index >= 15 is 0 Å². The van der Waals surface area contributed by atoms with Crippen LogP contribution in [0.5, 0.6) is 0 Å². The lowest BCUT2D eigenvalue weighted by molar-refractivity contribution is 0.0972. The van der Waals surface area contributed by atoms with Crippen LogP contribution < -0.4 is 0 Å². The van der Waals surface area contributed by atoms with E-state index in [4.69, 9.17) is 4.52 Å².